The van der Waals surface area contributed by atoms with Crippen LogP contribution in [0.2, 0.25) is 0 Å². The summed E-state index contributed by atoms with van der Waals surface area (Å²) in [6.45, 7) is 3.98. The van der Waals surface area contributed by atoms with Crippen LogP contribution in [0.15, 0.2) is 116 Å². The lowest BCUT2D eigenvalue weighted by atomic mass is 9.62. The number of hydrogen-bond acceptors (Lipinski definition) is 5. The van der Waals surface area contributed by atoms with Crippen molar-refractivity contribution in [3.8, 4) is 5.75 Å². The average molecular weight is 571 g/mol. The predicted molar refractivity (Wildman–Crippen MR) is 161 cm³/mol. The first-order valence-corrected chi connectivity index (χ1v) is 14.1. The Kier molecular flexibility index (Phi) is 6.31. The minimum Gasteiger partial charge on any atom is -0.490 e. The van der Waals surface area contributed by atoms with Gasteiger partial charge in [-0.15, -0.1) is 0 Å². The molecule has 0 saturated carbocycles. The van der Waals surface area contributed by atoms with E-state index in [2.05, 4.69) is 11.9 Å². The molecule has 212 valence electrons. The van der Waals surface area contributed by atoms with E-state index in [-0.39, 0.29) is 23.0 Å². The quantitative estimate of drug-likeness (QED) is 0.206. The highest BCUT2D eigenvalue weighted by molar-refractivity contribution is 6.16. The van der Waals surface area contributed by atoms with E-state index < -0.39 is 29.2 Å². The molecule has 0 unspecified atom stereocenters. The average Bonchev–Trinajstić information content (AvgIpc) is 3.52. The summed E-state index contributed by atoms with van der Waals surface area (Å²) in [6.07, 6.45) is 5.35. The zero-order chi connectivity index (χ0) is 29.7. The van der Waals surface area contributed by atoms with E-state index in [1.807, 2.05) is 65.7 Å². The summed E-state index contributed by atoms with van der Waals surface area (Å²) in [5.74, 6) is -2.08. The van der Waals surface area contributed by atoms with Gasteiger partial charge in [-0.05, 0) is 77.4 Å². The van der Waals surface area contributed by atoms with Crippen LogP contribution in [0.3, 0.4) is 0 Å². The number of amides is 1. The fourth-order valence-electron chi connectivity index (χ4n) is 7.00. The monoisotopic (exact) mass is 570 g/mol. The molecule has 4 aromatic carbocycles. The Morgan fingerprint density at radius 3 is 2.35 bits per heavy atom. The predicted octanol–water partition coefficient (Wildman–Crippen LogP) is 6.37. The number of nitrogens with one attached hydrogen (secondary N) is 1. The van der Waals surface area contributed by atoms with Gasteiger partial charge in [0.15, 0.2) is 11.6 Å². The maximum atomic E-state index is 14.8. The second-order valence-electron chi connectivity index (χ2n) is 10.9. The molecule has 1 saturated heterocycles. The van der Waals surface area contributed by atoms with Crippen LogP contribution in [0, 0.1) is 11.7 Å². The molecule has 0 radical (unpaired) electrons. The fraction of sp³-hybridized carbons (Fsp3) is 0.139. The Hall–Kier alpha value is -5.30. The Morgan fingerprint density at radius 1 is 0.907 bits per heavy atom. The van der Waals surface area contributed by atoms with Crippen LogP contribution in [-0.2, 0) is 10.2 Å². The van der Waals surface area contributed by atoms with Crippen LogP contribution >= 0.6 is 0 Å². The number of fused-ring (bicyclic) bond motifs is 6. The van der Waals surface area contributed by atoms with E-state index in [9.17, 15) is 18.8 Å². The minimum atomic E-state index is -1.44. The smallest absolute Gasteiger partial charge is 0.238 e. The van der Waals surface area contributed by atoms with Crippen molar-refractivity contribution in [3.05, 3.63) is 150 Å². The number of ketones is 2. The molecule has 3 heterocycles. The highest BCUT2D eigenvalue weighted by atomic mass is 19.1. The lowest BCUT2D eigenvalue weighted by Crippen LogP contribution is -2.49. The Bertz CT molecular complexity index is 1810. The number of rotatable bonds is 7. The second-order valence-corrected chi connectivity index (χ2v) is 10.9. The molecule has 4 atom stereocenters. The summed E-state index contributed by atoms with van der Waals surface area (Å²) in [5.41, 5.74) is 2.20. The summed E-state index contributed by atoms with van der Waals surface area (Å²) < 4.78 is 19.5. The van der Waals surface area contributed by atoms with E-state index in [1.54, 1.807) is 30.3 Å². The lowest BCUT2D eigenvalue weighted by molar-refractivity contribution is -0.122. The van der Waals surface area contributed by atoms with Crippen molar-refractivity contribution >= 4 is 29.2 Å². The number of benzene rings is 4. The normalized spacial score (nSPS) is 22.9. The van der Waals surface area contributed by atoms with Crippen LogP contribution in [0.4, 0.5) is 10.1 Å². The van der Waals surface area contributed by atoms with Gasteiger partial charge in [0.05, 0.1) is 12.0 Å². The van der Waals surface area contributed by atoms with Crippen LogP contribution in [0.5, 0.6) is 5.75 Å². The van der Waals surface area contributed by atoms with Gasteiger partial charge in [-0.2, -0.15) is 0 Å². The standard InChI is InChI=1S/C36H27FN2O4/c1-2-21-43-26-17-13-23(14-18-26)32(40)30-31(33(41)24-11-15-25(37)16-12-24)39-20-19-22-7-3-4-8-27(22)34(39)36(30)28-9-5-6-10-29(28)38-35(36)42/h2-20,30-31,34H,1,21H2,(H,38,42)/t30-,31-,34-,36-/m1/s1. The molecule has 6 nitrogen and oxygen atoms in total. The van der Waals surface area contributed by atoms with Gasteiger partial charge in [0.25, 0.3) is 0 Å². The largest absolute Gasteiger partial charge is 0.490 e. The van der Waals surface area contributed by atoms with Crippen molar-refractivity contribution in [1.82, 2.24) is 4.90 Å². The highest BCUT2D eigenvalue weighted by Crippen LogP contribution is 2.62. The van der Waals surface area contributed by atoms with Crippen LogP contribution in [-0.4, -0.2) is 35.0 Å². The Balaban J connectivity index is 1.47. The molecule has 1 fully saturated rings. The molecule has 43 heavy (non-hydrogen) atoms. The molecule has 7 heteroatoms. The minimum absolute atomic E-state index is 0.257. The molecule has 3 aliphatic rings. The van der Waals surface area contributed by atoms with Gasteiger partial charge in [-0.1, -0.05) is 55.1 Å². The van der Waals surface area contributed by atoms with Crippen molar-refractivity contribution < 1.29 is 23.5 Å². The molecule has 4 aromatic rings. The number of hydrogen-bond donors (Lipinski definition) is 1. The molecular weight excluding hydrogens is 543 g/mol. The van der Waals surface area contributed by atoms with Crippen LogP contribution in [0.25, 0.3) is 6.08 Å². The van der Waals surface area contributed by atoms with E-state index >= 15 is 0 Å². The van der Waals surface area contributed by atoms with E-state index in [4.69, 9.17) is 4.74 Å². The number of halogens is 1. The molecule has 0 aromatic heterocycles. The molecule has 1 amide bonds. The molecule has 7 rings (SSSR count). The van der Waals surface area contributed by atoms with Gasteiger partial charge in [-0.3, -0.25) is 14.4 Å². The van der Waals surface area contributed by atoms with Crippen molar-refractivity contribution in [1.29, 1.82) is 0 Å². The summed E-state index contributed by atoms with van der Waals surface area (Å²) in [4.78, 5) is 45.7. The third-order valence-electron chi connectivity index (χ3n) is 8.76. The van der Waals surface area contributed by atoms with Gasteiger partial charge in [0, 0.05) is 23.0 Å². The van der Waals surface area contributed by atoms with Crippen molar-refractivity contribution in [3.63, 3.8) is 0 Å². The van der Waals surface area contributed by atoms with Gasteiger partial charge in [0.1, 0.15) is 29.6 Å². The molecule has 0 bridgehead atoms. The van der Waals surface area contributed by atoms with Gasteiger partial charge in [-0.25, -0.2) is 4.39 Å². The van der Waals surface area contributed by atoms with Gasteiger partial charge in [0.2, 0.25) is 5.91 Å². The first-order chi connectivity index (χ1) is 20.9. The first kappa shape index (κ1) is 26.6. The van der Waals surface area contributed by atoms with Crippen LogP contribution in [0.1, 0.15) is 43.4 Å². The molecule has 3 aliphatic heterocycles. The number of para-hydroxylation sites is 1. The van der Waals surface area contributed by atoms with Crippen molar-refractivity contribution in [2.24, 2.45) is 5.92 Å². The van der Waals surface area contributed by atoms with E-state index in [1.165, 1.54) is 24.3 Å². The zero-order valence-corrected chi connectivity index (χ0v) is 23.1. The molecule has 1 spiro atoms. The summed E-state index contributed by atoms with van der Waals surface area (Å²) in [6, 6.07) is 25.4. The summed E-state index contributed by atoms with van der Waals surface area (Å²) in [7, 11) is 0. The third kappa shape index (κ3) is 3.96. The van der Waals surface area contributed by atoms with Crippen molar-refractivity contribution in [2.45, 2.75) is 17.5 Å². The Labute approximate surface area is 248 Å². The lowest BCUT2D eigenvalue weighted by Gasteiger charge is -2.38. The number of nitrogens with zero attached hydrogens (tertiary/aromatic N) is 1. The topological polar surface area (TPSA) is 75.7 Å². The van der Waals surface area contributed by atoms with E-state index in [0.29, 0.717) is 29.2 Å². The first-order valence-electron chi connectivity index (χ1n) is 14.1. The maximum Gasteiger partial charge on any atom is 0.238 e. The van der Waals surface area contributed by atoms with Gasteiger partial charge >= 0.3 is 0 Å². The number of carbonyl (C=O) groups excluding carboxylic acids is 3. The summed E-state index contributed by atoms with van der Waals surface area (Å²) >= 11 is 0. The highest BCUT2D eigenvalue weighted by Gasteiger charge is 2.70. The number of anilines is 1. The number of carbonyl (C=O) groups is 3. The number of Topliss-reactive ketones (excluding diaryl/α,β-unsaturated/α-hetero) is 2. The molecule has 1 N–H and O–H groups in total. The number of ether oxygens (including phenoxy) is 1. The third-order valence-corrected chi connectivity index (χ3v) is 8.76. The summed E-state index contributed by atoms with van der Waals surface area (Å²) in [5, 5.41) is 3.04. The SMILES string of the molecule is C=CCOc1ccc(C(=O)[C@H]2[C@H](C(=O)c3ccc(F)cc3)N3C=Cc4ccccc4[C@@H]3[C@]23C(=O)Nc2ccccc23)cc1. The van der Waals surface area contributed by atoms with Crippen LogP contribution < -0.4 is 10.1 Å². The Morgan fingerprint density at radius 2 is 1.58 bits per heavy atom. The molecular formula is C36H27FN2O4. The fourth-order valence-corrected chi connectivity index (χ4v) is 7.00. The van der Waals surface area contributed by atoms with Crippen molar-refractivity contribution in [2.75, 3.05) is 11.9 Å². The molecule has 0 aliphatic carbocycles. The van der Waals surface area contributed by atoms with E-state index in [0.717, 1.165) is 11.1 Å². The zero-order valence-electron chi connectivity index (χ0n) is 23.1. The second kappa shape index (κ2) is 10.2. The van der Waals surface area contributed by atoms with Gasteiger partial charge < -0.3 is 15.0 Å². The maximum absolute atomic E-state index is 14.8.